The minimum atomic E-state index is -0.0465. The second-order valence-electron chi connectivity index (χ2n) is 6.30. The molecule has 1 aromatic carbocycles. The number of benzene rings is 1. The van der Waals surface area contributed by atoms with Gasteiger partial charge in [0.25, 0.3) is 0 Å². The first kappa shape index (κ1) is 15.5. The smallest absolute Gasteiger partial charge is 0.0540 e. The van der Waals surface area contributed by atoms with Crippen molar-refractivity contribution in [3.8, 4) is 0 Å². The lowest BCUT2D eigenvalue weighted by Crippen LogP contribution is -2.29. The molecule has 112 valence electrons. The zero-order valence-corrected chi connectivity index (χ0v) is 12.9. The first-order chi connectivity index (χ1) is 9.69. The highest BCUT2D eigenvalue weighted by molar-refractivity contribution is 5.24. The highest BCUT2D eigenvalue weighted by Gasteiger charge is 2.19. The fourth-order valence-corrected chi connectivity index (χ4v) is 3.07. The van der Waals surface area contributed by atoms with E-state index in [1.54, 1.807) is 0 Å². The van der Waals surface area contributed by atoms with Gasteiger partial charge in [-0.15, -0.1) is 0 Å². The van der Waals surface area contributed by atoms with Crippen molar-refractivity contribution in [3.63, 3.8) is 0 Å². The van der Waals surface area contributed by atoms with Gasteiger partial charge in [0.2, 0.25) is 0 Å². The first-order valence-corrected chi connectivity index (χ1v) is 8.19. The predicted octanol–water partition coefficient (Wildman–Crippen LogP) is 3.84. The van der Waals surface area contributed by atoms with Crippen molar-refractivity contribution in [1.82, 2.24) is 5.32 Å². The number of aliphatic hydroxyl groups is 1. The van der Waals surface area contributed by atoms with E-state index in [-0.39, 0.29) is 6.10 Å². The Labute approximate surface area is 123 Å². The van der Waals surface area contributed by atoms with Crippen molar-refractivity contribution in [2.24, 2.45) is 5.92 Å². The van der Waals surface area contributed by atoms with Crippen molar-refractivity contribution in [2.75, 3.05) is 6.54 Å². The molecule has 0 amide bonds. The lowest BCUT2D eigenvalue weighted by Gasteiger charge is -2.27. The van der Waals surface area contributed by atoms with Gasteiger partial charge in [-0.2, -0.15) is 0 Å². The number of hydrogen-bond acceptors (Lipinski definition) is 2. The Hall–Kier alpha value is -0.860. The van der Waals surface area contributed by atoms with Gasteiger partial charge in [-0.1, -0.05) is 37.6 Å². The summed E-state index contributed by atoms with van der Waals surface area (Å²) in [6, 6.07) is 9.44. The van der Waals surface area contributed by atoms with Crippen molar-refractivity contribution in [3.05, 3.63) is 35.4 Å². The molecule has 1 unspecified atom stereocenters. The minimum Gasteiger partial charge on any atom is -0.393 e. The fraction of sp³-hybridized carbons (Fsp3) is 0.667. The van der Waals surface area contributed by atoms with Crippen LogP contribution >= 0.6 is 0 Å². The number of hydrogen-bond donors (Lipinski definition) is 2. The van der Waals surface area contributed by atoms with Crippen LogP contribution in [0.4, 0.5) is 0 Å². The van der Waals surface area contributed by atoms with E-state index in [9.17, 15) is 5.11 Å². The summed E-state index contributed by atoms with van der Waals surface area (Å²) < 4.78 is 0. The normalized spacial score (nSPS) is 24.6. The van der Waals surface area contributed by atoms with Crippen LogP contribution in [-0.4, -0.2) is 17.8 Å². The summed E-state index contributed by atoms with van der Waals surface area (Å²) in [7, 11) is 0. The SMILES string of the molecule is CCCc1ccc(C(C)NCC2CCC(O)CC2)cc1. The van der Waals surface area contributed by atoms with E-state index in [2.05, 4.69) is 43.4 Å². The van der Waals surface area contributed by atoms with Crippen LogP contribution in [-0.2, 0) is 6.42 Å². The molecule has 0 saturated heterocycles. The molecule has 0 aliphatic heterocycles. The van der Waals surface area contributed by atoms with Gasteiger partial charge in [0.05, 0.1) is 6.10 Å². The molecule has 2 heteroatoms. The van der Waals surface area contributed by atoms with Gasteiger partial charge in [-0.05, 0) is 62.6 Å². The summed E-state index contributed by atoms with van der Waals surface area (Å²) in [6.45, 7) is 5.54. The van der Waals surface area contributed by atoms with Crippen molar-refractivity contribution < 1.29 is 5.11 Å². The lowest BCUT2D eigenvalue weighted by molar-refractivity contribution is 0.108. The van der Waals surface area contributed by atoms with E-state index in [0.717, 1.165) is 38.1 Å². The van der Waals surface area contributed by atoms with Gasteiger partial charge < -0.3 is 10.4 Å². The molecular weight excluding hydrogens is 246 g/mol. The Morgan fingerprint density at radius 1 is 1.15 bits per heavy atom. The predicted molar refractivity (Wildman–Crippen MR) is 84.8 cm³/mol. The summed E-state index contributed by atoms with van der Waals surface area (Å²) in [5, 5.41) is 13.2. The monoisotopic (exact) mass is 275 g/mol. The van der Waals surface area contributed by atoms with Crippen molar-refractivity contribution in [1.29, 1.82) is 0 Å². The quantitative estimate of drug-likeness (QED) is 0.826. The summed E-state index contributed by atoms with van der Waals surface area (Å²) in [4.78, 5) is 0. The molecule has 1 aliphatic carbocycles. The average Bonchev–Trinajstić information content (AvgIpc) is 2.47. The summed E-state index contributed by atoms with van der Waals surface area (Å²) in [6.07, 6.45) is 6.62. The van der Waals surface area contributed by atoms with Crippen LogP contribution in [0.15, 0.2) is 24.3 Å². The van der Waals surface area contributed by atoms with Gasteiger partial charge >= 0.3 is 0 Å². The van der Waals surface area contributed by atoms with Crippen LogP contribution < -0.4 is 5.32 Å². The van der Waals surface area contributed by atoms with Gasteiger partial charge in [0.15, 0.2) is 0 Å². The second-order valence-corrected chi connectivity index (χ2v) is 6.30. The summed E-state index contributed by atoms with van der Waals surface area (Å²) in [5.74, 6) is 0.736. The third-order valence-electron chi connectivity index (χ3n) is 4.55. The Morgan fingerprint density at radius 2 is 1.80 bits per heavy atom. The third-order valence-corrected chi connectivity index (χ3v) is 4.55. The number of rotatable bonds is 6. The molecule has 1 saturated carbocycles. The highest BCUT2D eigenvalue weighted by Crippen LogP contribution is 2.24. The van der Waals surface area contributed by atoms with Crippen LogP contribution in [0.5, 0.6) is 0 Å². The topological polar surface area (TPSA) is 32.3 Å². The molecule has 1 fully saturated rings. The van der Waals surface area contributed by atoms with E-state index in [0.29, 0.717) is 6.04 Å². The Bertz CT molecular complexity index is 379. The van der Waals surface area contributed by atoms with Crippen LogP contribution in [0.25, 0.3) is 0 Å². The molecule has 2 nitrogen and oxygen atoms in total. The van der Waals surface area contributed by atoms with Gasteiger partial charge in [0, 0.05) is 6.04 Å². The van der Waals surface area contributed by atoms with Gasteiger partial charge in [-0.25, -0.2) is 0 Å². The maximum atomic E-state index is 9.53. The lowest BCUT2D eigenvalue weighted by atomic mass is 9.87. The first-order valence-electron chi connectivity index (χ1n) is 8.19. The minimum absolute atomic E-state index is 0.0465. The van der Waals surface area contributed by atoms with E-state index in [1.165, 1.54) is 24.0 Å². The molecule has 0 spiro atoms. The van der Waals surface area contributed by atoms with Crippen molar-refractivity contribution in [2.45, 2.75) is 64.5 Å². The molecular formula is C18H29NO. The zero-order valence-electron chi connectivity index (χ0n) is 12.9. The van der Waals surface area contributed by atoms with Crippen LogP contribution in [0.3, 0.4) is 0 Å². The van der Waals surface area contributed by atoms with Gasteiger partial charge in [0.1, 0.15) is 0 Å². The Balaban J connectivity index is 1.77. The number of nitrogens with one attached hydrogen (secondary N) is 1. The van der Waals surface area contributed by atoms with E-state index >= 15 is 0 Å². The molecule has 0 bridgehead atoms. The number of aryl methyl sites for hydroxylation is 1. The van der Waals surface area contributed by atoms with Crippen LogP contribution in [0.1, 0.15) is 63.1 Å². The van der Waals surface area contributed by atoms with E-state index < -0.39 is 0 Å². The molecule has 2 N–H and O–H groups in total. The Kier molecular flexibility index (Phi) is 6.06. The van der Waals surface area contributed by atoms with Crippen LogP contribution in [0, 0.1) is 5.92 Å². The molecule has 1 aliphatic rings. The van der Waals surface area contributed by atoms with Crippen molar-refractivity contribution >= 4 is 0 Å². The van der Waals surface area contributed by atoms with Gasteiger partial charge in [-0.3, -0.25) is 0 Å². The zero-order chi connectivity index (χ0) is 14.4. The fourth-order valence-electron chi connectivity index (χ4n) is 3.07. The second kappa shape index (κ2) is 7.80. The molecule has 1 aromatic rings. The Morgan fingerprint density at radius 3 is 2.40 bits per heavy atom. The molecule has 2 rings (SSSR count). The molecule has 0 heterocycles. The molecule has 0 aromatic heterocycles. The summed E-state index contributed by atoms with van der Waals surface area (Å²) in [5.41, 5.74) is 2.81. The highest BCUT2D eigenvalue weighted by atomic mass is 16.3. The standard InChI is InChI=1S/C18H29NO/c1-3-4-15-5-9-17(10-6-15)14(2)19-13-16-7-11-18(20)12-8-16/h5-6,9-10,14,16,18-20H,3-4,7-8,11-13H2,1-2H3. The molecule has 1 atom stereocenters. The van der Waals surface area contributed by atoms with Crippen LogP contribution in [0.2, 0.25) is 0 Å². The summed E-state index contributed by atoms with van der Waals surface area (Å²) >= 11 is 0. The number of aliphatic hydroxyl groups excluding tert-OH is 1. The average molecular weight is 275 g/mol. The third kappa shape index (κ3) is 4.60. The molecule has 0 radical (unpaired) electrons. The largest absolute Gasteiger partial charge is 0.393 e. The van der Waals surface area contributed by atoms with E-state index in [4.69, 9.17) is 0 Å². The molecule has 20 heavy (non-hydrogen) atoms. The maximum Gasteiger partial charge on any atom is 0.0540 e. The van der Waals surface area contributed by atoms with E-state index in [1.807, 2.05) is 0 Å². The maximum absolute atomic E-state index is 9.53.